The number of amides is 1. The number of nitrogens with one attached hydrogen (secondary N) is 2. The lowest BCUT2D eigenvalue weighted by molar-refractivity contribution is -0.115. The maximum Gasteiger partial charge on any atom is 0.228 e. The van der Waals surface area contributed by atoms with Crippen molar-refractivity contribution >= 4 is 22.6 Å². The van der Waals surface area contributed by atoms with Crippen LogP contribution in [0.3, 0.4) is 0 Å². The zero-order chi connectivity index (χ0) is 22.5. The van der Waals surface area contributed by atoms with Crippen molar-refractivity contribution in [2.24, 2.45) is 0 Å². The molecule has 1 saturated heterocycles. The summed E-state index contributed by atoms with van der Waals surface area (Å²) in [5.74, 6) is 2.29. The molecule has 0 radical (unpaired) electrons. The van der Waals surface area contributed by atoms with Crippen molar-refractivity contribution in [2.75, 3.05) is 52.9 Å². The predicted molar refractivity (Wildman–Crippen MR) is 121 cm³/mol. The summed E-state index contributed by atoms with van der Waals surface area (Å²) < 4.78 is 21.5. The number of carbonyl (C=O) groups is 1. The largest absolute Gasteiger partial charge is 0.493 e. The van der Waals surface area contributed by atoms with E-state index in [1.807, 2.05) is 18.2 Å². The molecule has 2 heterocycles. The lowest BCUT2D eigenvalue weighted by Gasteiger charge is -2.25. The quantitative estimate of drug-likeness (QED) is 0.556. The average molecular weight is 441 g/mol. The number of morpholine rings is 1. The van der Waals surface area contributed by atoms with E-state index in [1.165, 1.54) is 0 Å². The SMILES string of the molecule is COc1cc(CC(=O)Nc2ccc3nc(CN4CCOCC4)[nH]c3c2)cc(OC)c1OC. The summed E-state index contributed by atoms with van der Waals surface area (Å²) in [5.41, 5.74) is 3.22. The summed E-state index contributed by atoms with van der Waals surface area (Å²) in [5, 5.41) is 2.95. The van der Waals surface area contributed by atoms with Crippen LogP contribution in [0.2, 0.25) is 0 Å². The normalized spacial score (nSPS) is 14.3. The molecule has 2 N–H and O–H groups in total. The fourth-order valence-corrected chi connectivity index (χ4v) is 3.81. The fourth-order valence-electron chi connectivity index (χ4n) is 3.81. The van der Waals surface area contributed by atoms with Crippen LogP contribution in [0.25, 0.3) is 11.0 Å². The van der Waals surface area contributed by atoms with Crippen molar-refractivity contribution in [1.29, 1.82) is 0 Å². The number of fused-ring (bicyclic) bond motifs is 1. The van der Waals surface area contributed by atoms with E-state index in [0.29, 0.717) is 22.9 Å². The number of aromatic amines is 1. The number of anilines is 1. The lowest BCUT2D eigenvalue weighted by atomic mass is 10.1. The zero-order valence-corrected chi connectivity index (χ0v) is 18.6. The van der Waals surface area contributed by atoms with E-state index in [0.717, 1.165) is 55.3 Å². The second kappa shape index (κ2) is 9.88. The summed E-state index contributed by atoms with van der Waals surface area (Å²) >= 11 is 0. The maximum absolute atomic E-state index is 12.7. The van der Waals surface area contributed by atoms with Crippen LogP contribution in [0.4, 0.5) is 5.69 Å². The number of nitrogens with zero attached hydrogens (tertiary/aromatic N) is 2. The Labute approximate surface area is 186 Å². The van der Waals surface area contributed by atoms with Crippen LogP contribution >= 0.6 is 0 Å². The Hall–Kier alpha value is -3.30. The molecule has 0 atom stereocenters. The minimum absolute atomic E-state index is 0.147. The van der Waals surface area contributed by atoms with Crippen LogP contribution in [0.5, 0.6) is 17.2 Å². The number of ether oxygens (including phenoxy) is 4. The minimum Gasteiger partial charge on any atom is -0.493 e. The van der Waals surface area contributed by atoms with Gasteiger partial charge in [0.15, 0.2) is 11.5 Å². The van der Waals surface area contributed by atoms with Crippen molar-refractivity contribution in [3.05, 3.63) is 41.7 Å². The molecule has 4 rings (SSSR count). The summed E-state index contributed by atoms with van der Waals surface area (Å²) in [7, 11) is 4.65. The van der Waals surface area contributed by atoms with Gasteiger partial charge in [-0.1, -0.05) is 0 Å². The average Bonchev–Trinajstić information content (AvgIpc) is 3.20. The highest BCUT2D eigenvalue weighted by molar-refractivity contribution is 5.94. The molecule has 0 spiro atoms. The Kier molecular flexibility index (Phi) is 6.77. The standard InChI is InChI=1S/C23H28N4O5/c1-29-19-10-15(11-20(30-2)23(19)31-3)12-22(28)24-16-4-5-17-18(13-16)26-21(25-17)14-27-6-8-32-9-7-27/h4-5,10-11,13H,6-9,12,14H2,1-3H3,(H,24,28)(H,25,26). The third-order valence-electron chi connectivity index (χ3n) is 5.38. The number of H-pyrrole nitrogens is 1. The van der Waals surface area contributed by atoms with Crippen LogP contribution < -0.4 is 19.5 Å². The molecule has 1 fully saturated rings. The summed E-state index contributed by atoms with van der Waals surface area (Å²) in [6.45, 7) is 4.06. The first-order valence-electron chi connectivity index (χ1n) is 10.5. The highest BCUT2D eigenvalue weighted by Crippen LogP contribution is 2.38. The van der Waals surface area contributed by atoms with Crippen molar-refractivity contribution < 1.29 is 23.7 Å². The van der Waals surface area contributed by atoms with Crippen LogP contribution in [0, 0.1) is 0 Å². The van der Waals surface area contributed by atoms with Gasteiger partial charge in [0.05, 0.1) is 58.5 Å². The number of hydrogen-bond acceptors (Lipinski definition) is 7. The summed E-state index contributed by atoms with van der Waals surface area (Å²) in [6, 6.07) is 9.21. The maximum atomic E-state index is 12.7. The third-order valence-corrected chi connectivity index (χ3v) is 5.38. The highest BCUT2D eigenvalue weighted by atomic mass is 16.5. The molecule has 9 nitrogen and oxygen atoms in total. The summed E-state index contributed by atoms with van der Waals surface area (Å²) in [4.78, 5) is 23.0. The fraction of sp³-hybridized carbons (Fsp3) is 0.391. The van der Waals surface area contributed by atoms with E-state index >= 15 is 0 Å². The van der Waals surface area contributed by atoms with Gasteiger partial charge >= 0.3 is 0 Å². The van der Waals surface area contributed by atoms with Crippen molar-refractivity contribution in [2.45, 2.75) is 13.0 Å². The molecule has 0 aliphatic carbocycles. The first kappa shape index (κ1) is 21.9. The van der Waals surface area contributed by atoms with Gasteiger partial charge < -0.3 is 29.2 Å². The molecule has 1 amide bonds. The number of rotatable bonds is 8. The molecule has 1 aromatic heterocycles. The Morgan fingerprint density at radius 1 is 1.09 bits per heavy atom. The summed E-state index contributed by atoms with van der Waals surface area (Å²) in [6.07, 6.45) is 0.167. The molecular weight excluding hydrogens is 412 g/mol. The number of imidazole rings is 1. The smallest absolute Gasteiger partial charge is 0.228 e. The minimum atomic E-state index is -0.147. The van der Waals surface area contributed by atoms with Gasteiger partial charge in [-0.05, 0) is 35.9 Å². The van der Waals surface area contributed by atoms with Crippen LogP contribution in [-0.4, -0.2) is 68.4 Å². The first-order valence-corrected chi connectivity index (χ1v) is 10.5. The molecule has 170 valence electrons. The van der Waals surface area contributed by atoms with E-state index in [2.05, 4.69) is 20.2 Å². The molecule has 0 saturated carbocycles. The molecule has 9 heteroatoms. The van der Waals surface area contributed by atoms with Gasteiger partial charge in [-0.2, -0.15) is 0 Å². The van der Waals surface area contributed by atoms with Gasteiger partial charge in [-0.15, -0.1) is 0 Å². The van der Waals surface area contributed by atoms with Gasteiger partial charge in [0.1, 0.15) is 5.82 Å². The van der Waals surface area contributed by atoms with E-state index in [-0.39, 0.29) is 12.3 Å². The second-order valence-electron chi connectivity index (χ2n) is 7.56. The van der Waals surface area contributed by atoms with E-state index < -0.39 is 0 Å². The topological polar surface area (TPSA) is 97.9 Å². The molecule has 0 unspecified atom stereocenters. The van der Waals surface area contributed by atoms with Gasteiger partial charge in [-0.3, -0.25) is 9.69 Å². The molecule has 32 heavy (non-hydrogen) atoms. The molecular formula is C23H28N4O5. The van der Waals surface area contributed by atoms with Gasteiger partial charge in [0.2, 0.25) is 11.7 Å². The molecule has 0 bridgehead atoms. The Balaban J connectivity index is 1.44. The van der Waals surface area contributed by atoms with Crippen molar-refractivity contribution in [3.8, 4) is 17.2 Å². The molecule has 1 aliphatic heterocycles. The lowest BCUT2D eigenvalue weighted by Crippen LogP contribution is -2.35. The predicted octanol–water partition coefficient (Wildman–Crippen LogP) is 2.60. The number of benzene rings is 2. The van der Waals surface area contributed by atoms with Gasteiger partial charge in [-0.25, -0.2) is 4.98 Å². The number of methoxy groups -OCH3 is 3. The van der Waals surface area contributed by atoms with Crippen molar-refractivity contribution in [1.82, 2.24) is 14.9 Å². The zero-order valence-electron chi connectivity index (χ0n) is 18.6. The number of aromatic nitrogens is 2. The number of hydrogen-bond donors (Lipinski definition) is 2. The third kappa shape index (κ3) is 4.95. The Morgan fingerprint density at radius 3 is 2.47 bits per heavy atom. The monoisotopic (exact) mass is 440 g/mol. The Morgan fingerprint density at radius 2 is 1.81 bits per heavy atom. The second-order valence-corrected chi connectivity index (χ2v) is 7.56. The van der Waals surface area contributed by atoms with Crippen LogP contribution in [-0.2, 0) is 22.5 Å². The van der Waals surface area contributed by atoms with Gasteiger partial charge in [0, 0.05) is 18.8 Å². The molecule has 1 aliphatic rings. The van der Waals surface area contributed by atoms with Gasteiger partial charge in [0.25, 0.3) is 0 Å². The highest BCUT2D eigenvalue weighted by Gasteiger charge is 2.16. The number of carbonyl (C=O) groups excluding carboxylic acids is 1. The molecule has 3 aromatic rings. The first-order chi connectivity index (χ1) is 15.6. The van der Waals surface area contributed by atoms with E-state index in [4.69, 9.17) is 18.9 Å². The van der Waals surface area contributed by atoms with Crippen molar-refractivity contribution in [3.63, 3.8) is 0 Å². The van der Waals surface area contributed by atoms with E-state index in [1.54, 1.807) is 33.5 Å². The Bertz CT molecular complexity index is 1070. The molecule has 2 aromatic carbocycles. The van der Waals surface area contributed by atoms with Crippen LogP contribution in [0.15, 0.2) is 30.3 Å². The van der Waals surface area contributed by atoms with Crippen LogP contribution in [0.1, 0.15) is 11.4 Å². The van der Waals surface area contributed by atoms with E-state index in [9.17, 15) is 4.79 Å².